The third kappa shape index (κ3) is 3.68. The summed E-state index contributed by atoms with van der Waals surface area (Å²) in [6, 6.07) is 5.57. The molecule has 0 N–H and O–H groups in total. The quantitative estimate of drug-likeness (QED) is 0.829. The van der Waals surface area contributed by atoms with Crippen LogP contribution in [0.25, 0.3) is 11.0 Å². The van der Waals surface area contributed by atoms with Gasteiger partial charge in [0.2, 0.25) is 5.91 Å². The molecule has 144 valence electrons. The van der Waals surface area contributed by atoms with Crippen LogP contribution in [0.15, 0.2) is 18.2 Å². The van der Waals surface area contributed by atoms with E-state index in [1.54, 1.807) is 0 Å². The van der Waals surface area contributed by atoms with Crippen LogP contribution in [0.4, 0.5) is 0 Å². The number of benzene rings is 1. The van der Waals surface area contributed by atoms with E-state index in [0.717, 1.165) is 17.6 Å². The highest BCUT2D eigenvalue weighted by molar-refractivity contribution is 5.97. The first-order chi connectivity index (χ1) is 13.2. The second-order valence-electron chi connectivity index (χ2n) is 7.64. The van der Waals surface area contributed by atoms with E-state index >= 15 is 0 Å². The Hall–Kier alpha value is -2.44. The smallest absolute Gasteiger partial charge is 0.254 e. The fraction of sp³-hybridized carbons (Fsp3) is 0.600. The molecule has 1 saturated carbocycles. The predicted octanol–water partition coefficient (Wildman–Crippen LogP) is 2.32. The molecule has 1 aliphatic heterocycles. The lowest BCUT2D eigenvalue weighted by Gasteiger charge is -2.35. The average Bonchev–Trinajstić information content (AvgIpc) is 3.36. The zero-order valence-electron chi connectivity index (χ0n) is 15.9. The molecule has 2 amide bonds. The summed E-state index contributed by atoms with van der Waals surface area (Å²) in [6.45, 7) is 5.21. The Morgan fingerprint density at radius 1 is 1.07 bits per heavy atom. The Kier molecular flexibility index (Phi) is 5.09. The molecule has 7 nitrogen and oxygen atoms in total. The fourth-order valence-electron chi connectivity index (χ4n) is 4.27. The number of rotatable bonds is 4. The molecule has 1 saturated heterocycles. The van der Waals surface area contributed by atoms with Gasteiger partial charge in [0.05, 0.1) is 5.52 Å². The second kappa shape index (κ2) is 7.66. The second-order valence-corrected chi connectivity index (χ2v) is 7.64. The Labute approximate surface area is 159 Å². The SMILES string of the molecule is CCn1nnc2cc(C(=O)N3CCN(C(=O)CC4CCCC4)CC3)ccc21. The van der Waals surface area contributed by atoms with E-state index in [-0.39, 0.29) is 11.8 Å². The largest absolute Gasteiger partial charge is 0.339 e. The van der Waals surface area contributed by atoms with E-state index < -0.39 is 0 Å². The summed E-state index contributed by atoms with van der Waals surface area (Å²) in [7, 11) is 0. The van der Waals surface area contributed by atoms with Crippen LogP contribution >= 0.6 is 0 Å². The molecule has 4 rings (SSSR count). The summed E-state index contributed by atoms with van der Waals surface area (Å²) in [5, 5.41) is 8.25. The zero-order chi connectivity index (χ0) is 18.8. The molecule has 7 heteroatoms. The summed E-state index contributed by atoms with van der Waals surface area (Å²) in [4.78, 5) is 29.1. The van der Waals surface area contributed by atoms with Gasteiger partial charge in [0.25, 0.3) is 5.91 Å². The minimum Gasteiger partial charge on any atom is -0.339 e. The average molecular weight is 369 g/mol. The minimum absolute atomic E-state index is 0.00541. The van der Waals surface area contributed by atoms with Crippen LogP contribution in [0.5, 0.6) is 0 Å². The normalized spacial score (nSPS) is 18.4. The van der Waals surface area contributed by atoms with E-state index in [1.807, 2.05) is 39.6 Å². The van der Waals surface area contributed by atoms with Crippen molar-refractivity contribution in [2.75, 3.05) is 26.2 Å². The third-order valence-electron chi connectivity index (χ3n) is 5.92. The fourth-order valence-corrected chi connectivity index (χ4v) is 4.27. The van der Waals surface area contributed by atoms with Crippen molar-refractivity contribution in [2.24, 2.45) is 5.92 Å². The number of hydrogen-bond donors (Lipinski definition) is 0. The third-order valence-corrected chi connectivity index (χ3v) is 5.92. The molecule has 2 aromatic rings. The van der Waals surface area contributed by atoms with Crippen LogP contribution in [0.3, 0.4) is 0 Å². The Morgan fingerprint density at radius 2 is 1.78 bits per heavy atom. The predicted molar refractivity (Wildman–Crippen MR) is 102 cm³/mol. The zero-order valence-corrected chi connectivity index (χ0v) is 15.9. The van der Waals surface area contributed by atoms with Crippen molar-refractivity contribution < 1.29 is 9.59 Å². The molecule has 1 aromatic heterocycles. The number of piperazine rings is 1. The number of nitrogens with zero attached hydrogens (tertiary/aromatic N) is 5. The molecular weight excluding hydrogens is 342 g/mol. The number of aryl methyl sites for hydroxylation is 1. The monoisotopic (exact) mass is 369 g/mol. The standard InChI is InChI=1S/C20H27N5O2/c1-2-25-18-8-7-16(14-17(18)21-22-25)20(27)24-11-9-23(10-12-24)19(26)13-15-5-3-4-6-15/h7-8,14-15H,2-6,9-13H2,1H3. The maximum absolute atomic E-state index is 12.8. The van der Waals surface area contributed by atoms with Gasteiger partial charge in [0, 0.05) is 44.7 Å². The van der Waals surface area contributed by atoms with Crippen LogP contribution in [-0.4, -0.2) is 62.8 Å². The molecule has 0 bridgehead atoms. The van der Waals surface area contributed by atoms with Gasteiger partial charge in [-0.15, -0.1) is 5.10 Å². The van der Waals surface area contributed by atoms with Crippen LogP contribution in [-0.2, 0) is 11.3 Å². The molecule has 2 aliphatic rings. The maximum Gasteiger partial charge on any atom is 0.254 e. The molecule has 0 spiro atoms. The molecule has 2 heterocycles. The van der Waals surface area contributed by atoms with Gasteiger partial charge >= 0.3 is 0 Å². The number of aromatic nitrogens is 3. The van der Waals surface area contributed by atoms with Gasteiger partial charge in [-0.25, -0.2) is 4.68 Å². The van der Waals surface area contributed by atoms with Crippen LogP contribution in [0.1, 0.15) is 49.4 Å². The summed E-state index contributed by atoms with van der Waals surface area (Å²) in [5.41, 5.74) is 2.32. The summed E-state index contributed by atoms with van der Waals surface area (Å²) >= 11 is 0. The molecule has 27 heavy (non-hydrogen) atoms. The Bertz CT molecular complexity index is 832. The number of fused-ring (bicyclic) bond motifs is 1. The highest BCUT2D eigenvalue weighted by Crippen LogP contribution is 2.28. The van der Waals surface area contributed by atoms with Crippen molar-refractivity contribution in [3.63, 3.8) is 0 Å². The summed E-state index contributed by atoms with van der Waals surface area (Å²) < 4.78 is 1.82. The lowest BCUT2D eigenvalue weighted by atomic mass is 10.0. The molecule has 2 fully saturated rings. The Balaban J connectivity index is 1.36. The summed E-state index contributed by atoms with van der Waals surface area (Å²) in [6.07, 6.45) is 5.58. The Morgan fingerprint density at radius 3 is 2.48 bits per heavy atom. The van der Waals surface area contributed by atoms with E-state index in [4.69, 9.17) is 0 Å². The molecule has 1 aliphatic carbocycles. The van der Waals surface area contributed by atoms with Crippen molar-refractivity contribution in [1.82, 2.24) is 24.8 Å². The van der Waals surface area contributed by atoms with Crippen molar-refractivity contribution in [3.8, 4) is 0 Å². The highest BCUT2D eigenvalue weighted by Gasteiger charge is 2.27. The lowest BCUT2D eigenvalue weighted by molar-refractivity contribution is -0.133. The number of hydrogen-bond acceptors (Lipinski definition) is 4. The van der Waals surface area contributed by atoms with Gasteiger partial charge in [-0.3, -0.25) is 9.59 Å². The van der Waals surface area contributed by atoms with Gasteiger partial charge in [0.1, 0.15) is 5.52 Å². The van der Waals surface area contributed by atoms with Crippen molar-refractivity contribution in [3.05, 3.63) is 23.8 Å². The molecule has 0 unspecified atom stereocenters. The first kappa shape index (κ1) is 17.9. The van der Waals surface area contributed by atoms with E-state index in [0.29, 0.717) is 44.1 Å². The van der Waals surface area contributed by atoms with Gasteiger partial charge in [-0.05, 0) is 43.9 Å². The van der Waals surface area contributed by atoms with Crippen molar-refractivity contribution in [1.29, 1.82) is 0 Å². The van der Waals surface area contributed by atoms with Gasteiger partial charge in [-0.1, -0.05) is 18.1 Å². The van der Waals surface area contributed by atoms with Gasteiger partial charge in [0.15, 0.2) is 0 Å². The van der Waals surface area contributed by atoms with Crippen LogP contribution in [0, 0.1) is 5.92 Å². The van der Waals surface area contributed by atoms with Gasteiger partial charge < -0.3 is 9.80 Å². The maximum atomic E-state index is 12.8. The van der Waals surface area contributed by atoms with E-state index in [9.17, 15) is 9.59 Å². The molecular formula is C20H27N5O2. The summed E-state index contributed by atoms with van der Waals surface area (Å²) in [5.74, 6) is 0.831. The number of amides is 2. The van der Waals surface area contributed by atoms with E-state index in [1.165, 1.54) is 25.7 Å². The van der Waals surface area contributed by atoms with Crippen molar-refractivity contribution >= 4 is 22.8 Å². The first-order valence-electron chi connectivity index (χ1n) is 10.1. The molecule has 1 aromatic carbocycles. The minimum atomic E-state index is 0.00541. The molecule has 0 radical (unpaired) electrons. The number of carbonyl (C=O) groups is 2. The van der Waals surface area contributed by atoms with Crippen molar-refractivity contribution in [2.45, 2.75) is 45.6 Å². The number of carbonyl (C=O) groups excluding carboxylic acids is 2. The first-order valence-corrected chi connectivity index (χ1v) is 10.1. The van der Waals surface area contributed by atoms with Crippen LogP contribution < -0.4 is 0 Å². The topological polar surface area (TPSA) is 71.3 Å². The molecule has 0 atom stereocenters. The van der Waals surface area contributed by atoms with Crippen LogP contribution in [0.2, 0.25) is 0 Å². The highest BCUT2D eigenvalue weighted by atomic mass is 16.2. The van der Waals surface area contributed by atoms with Gasteiger partial charge in [-0.2, -0.15) is 0 Å². The lowest BCUT2D eigenvalue weighted by Crippen LogP contribution is -2.50. The van der Waals surface area contributed by atoms with E-state index in [2.05, 4.69) is 10.3 Å².